The van der Waals surface area contributed by atoms with Crippen molar-refractivity contribution in [3.63, 3.8) is 0 Å². The first kappa shape index (κ1) is 18.3. The zero-order valence-electron chi connectivity index (χ0n) is 6.84. The van der Waals surface area contributed by atoms with Crippen LogP contribution < -0.4 is 0 Å². The molecule has 4 N–H and O–H groups in total. The van der Waals surface area contributed by atoms with Gasteiger partial charge >= 0.3 is 7.82 Å². The average Bonchev–Trinajstić information content (AvgIpc) is 1.50. The molecule has 0 aliphatic rings. The lowest BCUT2D eigenvalue weighted by Crippen LogP contribution is -1.78. The Kier molecular flexibility index (Phi) is 13.6. The van der Waals surface area contributed by atoms with Gasteiger partial charge in [0.2, 0.25) is 5.24 Å². The predicted molar refractivity (Wildman–Crippen MR) is 44.1 cm³/mol. The normalized spacial score (nSPS) is 8.46. The van der Waals surface area contributed by atoms with E-state index in [-0.39, 0.29) is 5.24 Å². The van der Waals surface area contributed by atoms with Gasteiger partial charge in [-0.05, 0) is 11.6 Å². The molecule has 0 saturated heterocycles. The Balaban J connectivity index is -0.000000117. The molecule has 0 unspecified atom stereocenters. The lowest BCUT2D eigenvalue weighted by Gasteiger charge is -1.82. The summed E-state index contributed by atoms with van der Waals surface area (Å²) in [6.07, 6.45) is 0. The van der Waals surface area contributed by atoms with Crippen LogP contribution in [0.1, 0.15) is 13.8 Å². The minimum absolute atomic E-state index is 0.361. The Bertz CT molecular complexity index is 168. The Morgan fingerprint density at radius 2 is 1.15 bits per heavy atom. The summed E-state index contributed by atoms with van der Waals surface area (Å²) >= 11 is 4.64. The second-order valence-corrected chi connectivity index (χ2v) is 3.06. The molecule has 0 fully saturated rings. The van der Waals surface area contributed by atoms with Crippen LogP contribution in [0.3, 0.4) is 0 Å². The van der Waals surface area contributed by atoms with E-state index in [0.29, 0.717) is 0 Å². The van der Waals surface area contributed by atoms with Crippen molar-refractivity contribution in [2.75, 3.05) is 0 Å². The summed E-state index contributed by atoms with van der Waals surface area (Å²) in [5, 5.41) is 7.06. The highest BCUT2D eigenvalue weighted by atomic mass is 35.5. The Labute approximate surface area is 79.2 Å². The first-order valence-corrected chi connectivity index (χ1v) is 4.55. The molecular weight excluding hydrogens is 226 g/mol. The van der Waals surface area contributed by atoms with Gasteiger partial charge in [0.25, 0.3) is 5.97 Å². The molecule has 0 bridgehead atoms. The lowest BCUT2D eigenvalue weighted by atomic mass is 10.9. The van der Waals surface area contributed by atoms with E-state index in [0.717, 1.165) is 6.92 Å². The van der Waals surface area contributed by atoms with Crippen LogP contribution in [0, 0.1) is 0 Å². The molecule has 0 amide bonds. The van der Waals surface area contributed by atoms with Crippen LogP contribution in [-0.4, -0.2) is 31.0 Å². The van der Waals surface area contributed by atoms with Gasteiger partial charge < -0.3 is 19.8 Å². The highest BCUT2D eigenvalue weighted by molar-refractivity contribution is 7.45. The second-order valence-electron chi connectivity index (χ2n) is 1.50. The molecule has 13 heavy (non-hydrogen) atoms. The van der Waals surface area contributed by atoms with Crippen molar-refractivity contribution < 1.29 is 33.9 Å². The molecule has 0 aliphatic carbocycles. The third-order valence-corrected chi connectivity index (χ3v) is 0. The standard InChI is InChI=1S/C2H3ClO.C2H4O2.H3O4P/c2*1-2(3)4;1-5(2,3)4/h1H3;1H3,(H,3,4);(H3,1,2,3,4). The maximum absolute atomic E-state index is 9.21. The fourth-order valence-corrected chi connectivity index (χ4v) is 0. The number of halogens is 1. The minimum Gasteiger partial charge on any atom is -0.481 e. The van der Waals surface area contributed by atoms with Gasteiger partial charge in [0.15, 0.2) is 0 Å². The summed E-state index contributed by atoms with van der Waals surface area (Å²) in [7, 11) is -4.64. The summed E-state index contributed by atoms with van der Waals surface area (Å²) in [4.78, 5) is 39.8. The lowest BCUT2D eigenvalue weighted by molar-refractivity contribution is -0.134. The van der Waals surface area contributed by atoms with E-state index in [2.05, 4.69) is 11.6 Å². The molecule has 0 heterocycles. The summed E-state index contributed by atoms with van der Waals surface area (Å²) < 4.78 is 8.88. The number of carbonyl (C=O) groups is 2. The molecule has 0 saturated carbocycles. The molecule has 9 heteroatoms. The van der Waals surface area contributed by atoms with E-state index >= 15 is 0 Å². The topological polar surface area (TPSA) is 132 Å². The van der Waals surface area contributed by atoms with E-state index < -0.39 is 13.8 Å². The summed E-state index contributed by atoms with van der Waals surface area (Å²) in [5.74, 6) is -0.833. The summed E-state index contributed by atoms with van der Waals surface area (Å²) in [6, 6.07) is 0. The molecule has 0 aromatic heterocycles. The van der Waals surface area contributed by atoms with Gasteiger partial charge in [-0.1, -0.05) is 0 Å². The number of carboxylic acids is 1. The smallest absolute Gasteiger partial charge is 0.466 e. The van der Waals surface area contributed by atoms with Gasteiger partial charge in [0, 0.05) is 13.8 Å². The van der Waals surface area contributed by atoms with Crippen LogP contribution in [0.25, 0.3) is 0 Å². The van der Waals surface area contributed by atoms with E-state index in [1.54, 1.807) is 0 Å². The van der Waals surface area contributed by atoms with E-state index in [4.69, 9.17) is 29.1 Å². The molecular formula is C4H10ClO7P. The molecule has 0 aromatic rings. The molecule has 0 rings (SSSR count). The highest BCUT2D eigenvalue weighted by Crippen LogP contribution is 2.25. The zero-order valence-corrected chi connectivity index (χ0v) is 8.49. The van der Waals surface area contributed by atoms with Crippen molar-refractivity contribution in [3.05, 3.63) is 0 Å². The quantitative estimate of drug-likeness (QED) is 0.342. The second kappa shape index (κ2) is 9.63. The predicted octanol–water partition coefficient (Wildman–Crippen LogP) is -0.0660. The fraction of sp³-hybridized carbons (Fsp3) is 0.500. The largest absolute Gasteiger partial charge is 0.481 e. The van der Waals surface area contributed by atoms with Crippen LogP contribution >= 0.6 is 19.4 Å². The van der Waals surface area contributed by atoms with Gasteiger partial charge in [-0.3, -0.25) is 9.59 Å². The van der Waals surface area contributed by atoms with E-state index in [1.807, 2.05) is 0 Å². The van der Waals surface area contributed by atoms with Crippen LogP contribution in [0.15, 0.2) is 0 Å². The Morgan fingerprint density at radius 1 is 1.15 bits per heavy atom. The van der Waals surface area contributed by atoms with Crippen molar-refractivity contribution in [3.8, 4) is 0 Å². The maximum Gasteiger partial charge on any atom is 0.466 e. The summed E-state index contributed by atoms with van der Waals surface area (Å²) in [6.45, 7) is 2.38. The molecule has 0 aromatic carbocycles. The fourth-order valence-electron chi connectivity index (χ4n) is 0. The van der Waals surface area contributed by atoms with Gasteiger partial charge in [0.1, 0.15) is 0 Å². The highest BCUT2D eigenvalue weighted by Gasteiger charge is 2.00. The molecule has 0 atom stereocenters. The van der Waals surface area contributed by atoms with Gasteiger partial charge in [-0.15, -0.1) is 0 Å². The van der Waals surface area contributed by atoms with Crippen LogP contribution in [0.2, 0.25) is 0 Å². The third-order valence-electron chi connectivity index (χ3n) is 0. The van der Waals surface area contributed by atoms with Crippen molar-refractivity contribution in [2.24, 2.45) is 0 Å². The number of aliphatic carboxylic acids is 1. The maximum atomic E-state index is 9.21. The Morgan fingerprint density at radius 3 is 1.15 bits per heavy atom. The molecule has 80 valence electrons. The molecule has 7 nitrogen and oxygen atoms in total. The van der Waals surface area contributed by atoms with Crippen molar-refractivity contribution >= 4 is 30.6 Å². The molecule has 0 radical (unpaired) electrons. The number of phosphoric acid groups is 1. The SMILES string of the molecule is CC(=O)Cl.CC(=O)O.O=P(O)(O)O. The Hall–Kier alpha value is -0.460. The van der Waals surface area contributed by atoms with Gasteiger partial charge in [-0.2, -0.15) is 0 Å². The average molecular weight is 237 g/mol. The van der Waals surface area contributed by atoms with E-state index in [1.165, 1.54) is 6.92 Å². The first-order chi connectivity index (χ1) is 5.46. The van der Waals surface area contributed by atoms with Crippen LogP contribution in [0.4, 0.5) is 0 Å². The molecule has 0 spiro atoms. The van der Waals surface area contributed by atoms with Crippen molar-refractivity contribution in [1.82, 2.24) is 0 Å². The monoisotopic (exact) mass is 236 g/mol. The third kappa shape index (κ3) is 4960. The number of rotatable bonds is 0. The van der Waals surface area contributed by atoms with Crippen molar-refractivity contribution in [1.29, 1.82) is 0 Å². The summed E-state index contributed by atoms with van der Waals surface area (Å²) in [5.41, 5.74) is 0. The van der Waals surface area contributed by atoms with E-state index in [9.17, 15) is 4.79 Å². The zero-order chi connectivity index (χ0) is 11.7. The van der Waals surface area contributed by atoms with Crippen molar-refractivity contribution in [2.45, 2.75) is 13.8 Å². The minimum atomic E-state index is -4.64. The number of carbonyl (C=O) groups excluding carboxylic acids is 1. The number of carboxylic acid groups (broad SMARTS) is 1. The number of hydrogen-bond acceptors (Lipinski definition) is 3. The number of hydrogen-bond donors (Lipinski definition) is 4. The van der Waals surface area contributed by atoms with Crippen LogP contribution in [-0.2, 0) is 14.2 Å². The van der Waals surface area contributed by atoms with Crippen LogP contribution in [0.5, 0.6) is 0 Å². The van der Waals surface area contributed by atoms with Gasteiger partial charge in [-0.25, -0.2) is 4.57 Å². The van der Waals surface area contributed by atoms with Gasteiger partial charge in [0.05, 0.1) is 0 Å². The molecule has 0 aliphatic heterocycles. The first-order valence-electron chi connectivity index (χ1n) is 2.60.